The number of carbonyl (C=O) groups is 1. The van der Waals surface area contributed by atoms with Crippen LogP contribution in [0.15, 0.2) is 43.0 Å². The molecular formula is C18H25NO2. The number of nitrogens with zero attached hydrogens (tertiary/aromatic N) is 1. The van der Waals surface area contributed by atoms with Gasteiger partial charge in [0.25, 0.3) is 0 Å². The average molecular weight is 287 g/mol. The van der Waals surface area contributed by atoms with Crippen LogP contribution in [0.25, 0.3) is 0 Å². The summed E-state index contributed by atoms with van der Waals surface area (Å²) in [6.07, 6.45) is 3.98. The van der Waals surface area contributed by atoms with E-state index in [2.05, 4.69) is 25.6 Å². The molecule has 0 N–H and O–H groups in total. The van der Waals surface area contributed by atoms with Crippen LogP contribution < -0.4 is 0 Å². The molecule has 0 bridgehead atoms. The van der Waals surface area contributed by atoms with Gasteiger partial charge in [-0.2, -0.15) is 0 Å². The number of amides is 1. The van der Waals surface area contributed by atoms with Gasteiger partial charge < -0.3 is 9.64 Å². The average Bonchev–Trinajstić information content (AvgIpc) is 2.56. The molecule has 114 valence electrons. The van der Waals surface area contributed by atoms with Gasteiger partial charge >= 0.3 is 0 Å². The van der Waals surface area contributed by atoms with E-state index in [0.717, 1.165) is 18.4 Å². The number of morpholine rings is 1. The Morgan fingerprint density at radius 1 is 1.33 bits per heavy atom. The first kappa shape index (κ1) is 15.8. The maximum absolute atomic E-state index is 13.0. The van der Waals surface area contributed by atoms with Crippen molar-refractivity contribution in [3.8, 4) is 0 Å². The topological polar surface area (TPSA) is 29.5 Å². The Hall–Kier alpha value is -1.61. The Balaban J connectivity index is 2.26. The Bertz CT molecular complexity index is 452. The molecule has 0 aromatic heterocycles. The molecule has 3 nitrogen and oxygen atoms in total. The summed E-state index contributed by atoms with van der Waals surface area (Å²) < 4.78 is 5.36. The van der Waals surface area contributed by atoms with Gasteiger partial charge in [0, 0.05) is 13.1 Å². The van der Waals surface area contributed by atoms with Crippen LogP contribution in [0.4, 0.5) is 0 Å². The highest BCUT2D eigenvalue weighted by Gasteiger charge is 2.31. The van der Waals surface area contributed by atoms with Crippen molar-refractivity contribution in [2.45, 2.75) is 25.7 Å². The number of allylic oxidation sites excluding steroid dienone is 1. The number of benzene rings is 1. The van der Waals surface area contributed by atoms with Crippen LogP contribution in [0.1, 0.15) is 31.2 Å². The monoisotopic (exact) mass is 287 g/mol. The zero-order chi connectivity index (χ0) is 15.1. The van der Waals surface area contributed by atoms with Crippen LogP contribution >= 0.6 is 0 Å². The number of rotatable bonds is 6. The van der Waals surface area contributed by atoms with Gasteiger partial charge in [0.15, 0.2) is 0 Å². The van der Waals surface area contributed by atoms with Crippen LogP contribution in [0.5, 0.6) is 0 Å². The molecule has 1 fully saturated rings. The summed E-state index contributed by atoms with van der Waals surface area (Å²) in [6.45, 7) is 8.77. The minimum absolute atomic E-state index is 0.123. The van der Waals surface area contributed by atoms with Crippen LogP contribution in [0, 0.1) is 5.92 Å². The first-order valence-corrected chi connectivity index (χ1v) is 7.82. The highest BCUT2D eigenvalue weighted by atomic mass is 16.5. The minimum atomic E-state index is -0.123. The number of carbonyl (C=O) groups excluding carboxylic acids is 1. The van der Waals surface area contributed by atoms with Gasteiger partial charge in [-0.15, -0.1) is 6.58 Å². The van der Waals surface area contributed by atoms with E-state index in [1.165, 1.54) is 0 Å². The van der Waals surface area contributed by atoms with Crippen molar-refractivity contribution in [1.29, 1.82) is 0 Å². The smallest absolute Gasteiger partial charge is 0.230 e. The normalized spacial score (nSPS) is 18.0. The molecule has 1 aliphatic heterocycles. The van der Waals surface area contributed by atoms with E-state index in [4.69, 9.17) is 4.74 Å². The molecule has 0 spiro atoms. The molecule has 21 heavy (non-hydrogen) atoms. The van der Waals surface area contributed by atoms with Crippen LogP contribution in [-0.4, -0.2) is 37.1 Å². The third-order valence-corrected chi connectivity index (χ3v) is 4.10. The second kappa shape index (κ2) is 7.99. The van der Waals surface area contributed by atoms with E-state index in [1.807, 2.05) is 29.2 Å². The van der Waals surface area contributed by atoms with Crippen molar-refractivity contribution < 1.29 is 9.53 Å². The predicted octanol–water partition coefficient (Wildman–Crippen LogP) is 3.23. The lowest BCUT2D eigenvalue weighted by molar-refractivity contribution is -0.137. The quantitative estimate of drug-likeness (QED) is 0.752. The maximum Gasteiger partial charge on any atom is 0.230 e. The molecular weight excluding hydrogens is 262 g/mol. The Labute approximate surface area is 127 Å². The summed E-state index contributed by atoms with van der Waals surface area (Å²) >= 11 is 0. The van der Waals surface area contributed by atoms with E-state index in [0.29, 0.717) is 26.3 Å². The van der Waals surface area contributed by atoms with E-state index in [-0.39, 0.29) is 17.7 Å². The second-order valence-corrected chi connectivity index (χ2v) is 5.51. The summed E-state index contributed by atoms with van der Waals surface area (Å²) in [5.41, 5.74) is 1.09. The van der Waals surface area contributed by atoms with Crippen molar-refractivity contribution in [3.05, 3.63) is 48.6 Å². The van der Waals surface area contributed by atoms with Crippen LogP contribution in [-0.2, 0) is 9.53 Å². The Morgan fingerprint density at radius 3 is 2.57 bits per heavy atom. The molecule has 1 saturated heterocycles. The lowest BCUT2D eigenvalue weighted by Crippen LogP contribution is -2.44. The van der Waals surface area contributed by atoms with Crippen molar-refractivity contribution in [3.63, 3.8) is 0 Å². The van der Waals surface area contributed by atoms with Crippen LogP contribution in [0.2, 0.25) is 0 Å². The molecule has 1 amide bonds. The molecule has 3 heteroatoms. The number of hydrogen-bond donors (Lipinski definition) is 0. The molecule has 0 aliphatic carbocycles. The van der Waals surface area contributed by atoms with Gasteiger partial charge in [-0.05, 0) is 17.9 Å². The van der Waals surface area contributed by atoms with E-state index >= 15 is 0 Å². The lowest BCUT2D eigenvalue weighted by atomic mass is 9.82. The molecule has 1 aromatic rings. The van der Waals surface area contributed by atoms with Gasteiger partial charge in [0.2, 0.25) is 5.91 Å². The third-order valence-electron chi connectivity index (χ3n) is 4.10. The zero-order valence-electron chi connectivity index (χ0n) is 12.8. The van der Waals surface area contributed by atoms with Gasteiger partial charge in [0.1, 0.15) is 0 Å². The molecule has 1 heterocycles. The Morgan fingerprint density at radius 2 is 2.00 bits per heavy atom. The summed E-state index contributed by atoms with van der Waals surface area (Å²) in [5.74, 6) is 0.275. The summed E-state index contributed by atoms with van der Waals surface area (Å²) in [5, 5.41) is 0. The van der Waals surface area contributed by atoms with Crippen molar-refractivity contribution in [1.82, 2.24) is 4.90 Å². The van der Waals surface area contributed by atoms with E-state index in [9.17, 15) is 4.79 Å². The van der Waals surface area contributed by atoms with Crippen molar-refractivity contribution in [2.75, 3.05) is 26.3 Å². The van der Waals surface area contributed by atoms with Gasteiger partial charge in [-0.25, -0.2) is 0 Å². The van der Waals surface area contributed by atoms with Gasteiger partial charge in [-0.3, -0.25) is 4.79 Å². The lowest BCUT2D eigenvalue weighted by Gasteiger charge is -2.33. The second-order valence-electron chi connectivity index (χ2n) is 5.51. The SMILES string of the molecule is C=C[C@H](CCC)[C@H](C(=O)N1CCOCC1)c1ccccc1. The van der Waals surface area contributed by atoms with E-state index in [1.54, 1.807) is 0 Å². The number of hydrogen-bond acceptors (Lipinski definition) is 2. The maximum atomic E-state index is 13.0. The molecule has 2 atom stereocenters. The standard InChI is InChI=1S/C18H25NO2/c1-3-8-15(4-2)17(16-9-6-5-7-10-16)18(20)19-11-13-21-14-12-19/h4-7,9-10,15,17H,2-3,8,11-14H2,1H3/t15-,17+/m1/s1. The molecule has 2 rings (SSSR count). The first-order chi connectivity index (χ1) is 10.3. The fourth-order valence-electron chi connectivity index (χ4n) is 2.97. The molecule has 1 aromatic carbocycles. The largest absolute Gasteiger partial charge is 0.378 e. The minimum Gasteiger partial charge on any atom is -0.378 e. The number of ether oxygens (including phenoxy) is 1. The molecule has 0 unspecified atom stereocenters. The first-order valence-electron chi connectivity index (χ1n) is 7.82. The Kier molecular flexibility index (Phi) is 6.00. The third kappa shape index (κ3) is 3.94. The summed E-state index contributed by atoms with van der Waals surface area (Å²) in [6, 6.07) is 10.1. The van der Waals surface area contributed by atoms with Gasteiger partial charge in [0.05, 0.1) is 19.1 Å². The molecule has 1 aliphatic rings. The fourth-order valence-corrected chi connectivity index (χ4v) is 2.97. The van der Waals surface area contributed by atoms with Crippen molar-refractivity contribution in [2.24, 2.45) is 5.92 Å². The predicted molar refractivity (Wildman–Crippen MR) is 85.2 cm³/mol. The highest BCUT2D eigenvalue weighted by molar-refractivity contribution is 5.84. The van der Waals surface area contributed by atoms with E-state index < -0.39 is 0 Å². The fraction of sp³-hybridized carbons (Fsp3) is 0.500. The summed E-state index contributed by atoms with van der Waals surface area (Å²) in [4.78, 5) is 14.9. The van der Waals surface area contributed by atoms with Crippen LogP contribution in [0.3, 0.4) is 0 Å². The zero-order valence-corrected chi connectivity index (χ0v) is 12.8. The highest BCUT2D eigenvalue weighted by Crippen LogP contribution is 2.31. The van der Waals surface area contributed by atoms with Crippen molar-refractivity contribution >= 4 is 5.91 Å². The molecule has 0 saturated carbocycles. The summed E-state index contributed by atoms with van der Waals surface area (Å²) in [7, 11) is 0. The molecule has 0 radical (unpaired) electrons. The van der Waals surface area contributed by atoms with Gasteiger partial charge in [-0.1, -0.05) is 49.8 Å².